The molecule has 1 aliphatic rings. The van der Waals surface area contributed by atoms with Gasteiger partial charge in [0.15, 0.2) is 0 Å². The number of hydrogen-bond donors (Lipinski definition) is 0. The van der Waals surface area contributed by atoms with E-state index in [2.05, 4.69) is 23.8 Å². The quantitative estimate of drug-likeness (QED) is 0.618. The number of rotatable bonds is 3. The minimum absolute atomic E-state index is 0.222. The topological polar surface area (TPSA) is 49.6 Å². The lowest BCUT2D eigenvalue weighted by molar-refractivity contribution is -0.385. The van der Waals surface area contributed by atoms with Gasteiger partial charge < -0.3 is 4.90 Å². The molecule has 5 nitrogen and oxygen atoms in total. The average molecular weight is 263 g/mol. The number of piperazine rings is 1. The molecule has 0 aliphatic carbocycles. The van der Waals surface area contributed by atoms with Crippen LogP contribution in [0.1, 0.15) is 18.1 Å². The Morgan fingerprint density at radius 1 is 1.42 bits per heavy atom. The number of nitro groups is 1. The number of nitrogens with zero attached hydrogens (tertiary/aromatic N) is 3. The van der Waals surface area contributed by atoms with Crippen molar-refractivity contribution in [3.8, 4) is 0 Å². The molecule has 1 heterocycles. The lowest BCUT2D eigenvalue weighted by atomic mass is 10.0. The second-order valence-corrected chi connectivity index (χ2v) is 5.40. The molecule has 104 valence electrons. The Bertz CT molecular complexity index is 476. The van der Waals surface area contributed by atoms with E-state index >= 15 is 0 Å². The summed E-state index contributed by atoms with van der Waals surface area (Å²) in [7, 11) is 2.13. The molecule has 1 aromatic carbocycles. The normalized spacial score (nSPS) is 21.5. The third-order valence-electron chi connectivity index (χ3n) is 3.96. The van der Waals surface area contributed by atoms with Gasteiger partial charge in [0.1, 0.15) is 0 Å². The maximum absolute atomic E-state index is 11.0. The van der Waals surface area contributed by atoms with Gasteiger partial charge in [0.25, 0.3) is 5.69 Å². The van der Waals surface area contributed by atoms with Gasteiger partial charge in [-0.1, -0.05) is 12.1 Å². The predicted molar refractivity (Wildman–Crippen MR) is 75.2 cm³/mol. The Hall–Kier alpha value is -1.46. The molecule has 1 saturated heterocycles. The van der Waals surface area contributed by atoms with Gasteiger partial charge in [-0.05, 0) is 26.5 Å². The first-order valence-electron chi connectivity index (χ1n) is 6.64. The van der Waals surface area contributed by atoms with E-state index in [0.717, 1.165) is 37.3 Å². The van der Waals surface area contributed by atoms with Crippen molar-refractivity contribution in [2.24, 2.45) is 0 Å². The summed E-state index contributed by atoms with van der Waals surface area (Å²) >= 11 is 0. The number of hydrogen-bond acceptors (Lipinski definition) is 4. The smallest absolute Gasteiger partial charge is 0.272 e. The minimum Gasteiger partial charge on any atom is -0.304 e. The number of nitro benzene ring substituents is 1. The standard InChI is InChI=1S/C14H21N3O2/c1-11-9-15(3)7-8-16(11)10-13-5-4-6-14(12(13)2)17(18)19/h4-6,11H,7-10H2,1-3H3/t11-/m1/s1. The summed E-state index contributed by atoms with van der Waals surface area (Å²) in [6.07, 6.45) is 0. The van der Waals surface area contributed by atoms with Crippen LogP contribution in [-0.4, -0.2) is 47.4 Å². The third-order valence-corrected chi connectivity index (χ3v) is 3.96. The van der Waals surface area contributed by atoms with Crippen molar-refractivity contribution in [1.82, 2.24) is 9.80 Å². The molecule has 0 radical (unpaired) electrons. The van der Waals surface area contributed by atoms with E-state index in [1.165, 1.54) is 0 Å². The van der Waals surface area contributed by atoms with Crippen LogP contribution in [0.2, 0.25) is 0 Å². The summed E-state index contributed by atoms with van der Waals surface area (Å²) < 4.78 is 0. The van der Waals surface area contributed by atoms with E-state index in [9.17, 15) is 10.1 Å². The molecule has 5 heteroatoms. The fourth-order valence-corrected chi connectivity index (χ4v) is 2.67. The van der Waals surface area contributed by atoms with E-state index in [0.29, 0.717) is 6.04 Å². The molecule has 0 N–H and O–H groups in total. The van der Waals surface area contributed by atoms with Crippen LogP contribution in [0.3, 0.4) is 0 Å². The highest BCUT2D eigenvalue weighted by atomic mass is 16.6. The van der Waals surface area contributed by atoms with Crippen LogP contribution in [0.5, 0.6) is 0 Å². The molecule has 0 spiro atoms. The summed E-state index contributed by atoms with van der Waals surface area (Å²) in [5.74, 6) is 0. The molecule has 1 atom stereocenters. The van der Waals surface area contributed by atoms with Gasteiger partial charge in [0, 0.05) is 43.9 Å². The summed E-state index contributed by atoms with van der Waals surface area (Å²) in [6.45, 7) is 7.96. The SMILES string of the molecule is Cc1c(CN2CCN(C)C[C@H]2C)cccc1[N+](=O)[O-]. The van der Waals surface area contributed by atoms with Gasteiger partial charge in [0.05, 0.1) is 4.92 Å². The molecule has 1 aromatic rings. The number of benzene rings is 1. The van der Waals surface area contributed by atoms with E-state index in [1.54, 1.807) is 12.1 Å². The molecule has 0 amide bonds. The zero-order valence-corrected chi connectivity index (χ0v) is 11.8. The fourth-order valence-electron chi connectivity index (χ4n) is 2.67. The highest BCUT2D eigenvalue weighted by Gasteiger charge is 2.23. The zero-order valence-electron chi connectivity index (χ0n) is 11.8. The predicted octanol–water partition coefficient (Wildman–Crippen LogP) is 2.04. The Labute approximate surface area is 114 Å². The van der Waals surface area contributed by atoms with Crippen molar-refractivity contribution in [2.45, 2.75) is 26.4 Å². The van der Waals surface area contributed by atoms with Gasteiger partial charge in [0.2, 0.25) is 0 Å². The van der Waals surface area contributed by atoms with E-state index in [4.69, 9.17) is 0 Å². The third kappa shape index (κ3) is 3.11. The van der Waals surface area contributed by atoms with E-state index in [1.807, 2.05) is 13.0 Å². The van der Waals surface area contributed by atoms with Crippen molar-refractivity contribution < 1.29 is 4.92 Å². The second kappa shape index (κ2) is 5.67. The van der Waals surface area contributed by atoms with Gasteiger partial charge in [-0.15, -0.1) is 0 Å². The highest BCUT2D eigenvalue weighted by Crippen LogP contribution is 2.23. The van der Waals surface area contributed by atoms with Gasteiger partial charge in [-0.2, -0.15) is 0 Å². The van der Waals surface area contributed by atoms with Crippen molar-refractivity contribution in [2.75, 3.05) is 26.7 Å². The van der Waals surface area contributed by atoms with Crippen LogP contribution in [-0.2, 0) is 6.54 Å². The maximum Gasteiger partial charge on any atom is 0.272 e. The van der Waals surface area contributed by atoms with E-state index < -0.39 is 0 Å². The molecule has 0 aromatic heterocycles. The lowest BCUT2D eigenvalue weighted by Crippen LogP contribution is -2.49. The first-order chi connectivity index (χ1) is 8.99. The van der Waals surface area contributed by atoms with Crippen molar-refractivity contribution >= 4 is 5.69 Å². The van der Waals surface area contributed by atoms with E-state index in [-0.39, 0.29) is 10.6 Å². The molecule has 19 heavy (non-hydrogen) atoms. The average Bonchev–Trinajstić information content (AvgIpc) is 2.34. The molecule has 2 rings (SSSR count). The summed E-state index contributed by atoms with van der Waals surface area (Å²) in [5, 5.41) is 11.0. The molecule has 1 fully saturated rings. The summed E-state index contributed by atoms with van der Waals surface area (Å²) in [6, 6.07) is 5.83. The van der Waals surface area contributed by atoms with Gasteiger partial charge >= 0.3 is 0 Å². The van der Waals surface area contributed by atoms with Crippen molar-refractivity contribution in [3.05, 3.63) is 39.4 Å². The van der Waals surface area contributed by atoms with Crippen LogP contribution in [0.25, 0.3) is 0 Å². The molecule has 0 unspecified atom stereocenters. The first kappa shape index (κ1) is 14.0. The first-order valence-corrected chi connectivity index (χ1v) is 6.64. The van der Waals surface area contributed by atoms with Crippen molar-refractivity contribution in [1.29, 1.82) is 0 Å². The molecule has 0 bridgehead atoms. The van der Waals surface area contributed by atoms with Crippen molar-refractivity contribution in [3.63, 3.8) is 0 Å². The Morgan fingerprint density at radius 3 is 2.79 bits per heavy atom. The lowest BCUT2D eigenvalue weighted by Gasteiger charge is -2.38. The fraction of sp³-hybridized carbons (Fsp3) is 0.571. The monoisotopic (exact) mass is 263 g/mol. The number of likely N-dealkylation sites (N-methyl/N-ethyl adjacent to an activating group) is 1. The largest absolute Gasteiger partial charge is 0.304 e. The zero-order chi connectivity index (χ0) is 14.0. The van der Waals surface area contributed by atoms with Crippen LogP contribution >= 0.6 is 0 Å². The van der Waals surface area contributed by atoms with Crippen LogP contribution < -0.4 is 0 Å². The molecule has 1 aliphatic heterocycles. The molecular formula is C14H21N3O2. The van der Waals surface area contributed by atoms with Crippen LogP contribution in [0, 0.1) is 17.0 Å². The summed E-state index contributed by atoms with van der Waals surface area (Å²) in [4.78, 5) is 15.4. The van der Waals surface area contributed by atoms with Crippen LogP contribution in [0.4, 0.5) is 5.69 Å². The van der Waals surface area contributed by atoms with Crippen LogP contribution in [0.15, 0.2) is 18.2 Å². The Balaban J connectivity index is 2.15. The highest BCUT2D eigenvalue weighted by molar-refractivity contribution is 5.44. The van der Waals surface area contributed by atoms with Gasteiger partial charge in [-0.3, -0.25) is 15.0 Å². The van der Waals surface area contributed by atoms with Gasteiger partial charge in [-0.25, -0.2) is 0 Å². The second-order valence-electron chi connectivity index (χ2n) is 5.40. The molecular weight excluding hydrogens is 242 g/mol. The summed E-state index contributed by atoms with van der Waals surface area (Å²) in [5.41, 5.74) is 2.07. The minimum atomic E-state index is -0.299. The maximum atomic E-state index is 11.0. The Kier molecular flexibility index (Phi) is 4.17. The Morgan fingerprint density at radius 2 is 2.16 bits per heavy atom. The molecule has 0 saturated carbocycles.